The highest BCUT2D eigenvalue weighted by atomic mass is 19.1. The molecular formula is C14H16FN3. The first kappa shape index (κ1) is 11.4. The zero-order chi connectivity index (χ0) is 12.5. The van der Waals surface area contributed by atoms with Gasteiger partial charge in [-0.05, 0) is 24.5 Å². The number of rotatable bonds is 2. The maximum Gasteiger partial charge on any atom is 0.137 e. The lowest BCUT2D eigenvalue weighted by atomic mass is 10.0. The van der Waals surface area contributed by atoms with E-state index in [-0.39, 0.29) is 5.82 Å². The maximum absolute atomic E-state index is 13.6. The van der Waals surface area contributed by atoms with Gasteiger partial charge in [0.05, 0.1) is 0 Å². The number of halogens is 1. The van der Waals surface area contributed by atoms with Crippen LogP contribution >= 0.6 is 0 Å². The molecule has 0 saturated heterocycles. The van der Waals surface area contributed by atoms with Gasteiger partial charge in [-0.3, -0.25) is 0 Å². The number of benzene rings is 1. The monoisotopic (exact) mass is 245 g/mol. The molecule has 1 unspecified atom stereocenters. The minimum atomic E-state index is -0.168. The van der Waals surface area contributed by atoms with Crippen LogP contribution in [0.1, 0.15) is 42.9 Å². The van der Waals surface area contributed by atoms with Crippen molar-refractivity contribution in [3.63, 3.8) is 0 Å². The second-order valence-corrected chi connectivity index (χ2v) is 4.94. The average molecular weight is 245 g/mol. The normalized spacial score (nSPS) is 18.7. The van der Waals surface area contributed by atoms with E-state index in [2.05, 4.69) is 21.7 Å². The molecule has 94 valence electrons. The molecule has 0 radical (unpaired) electrons. The molecule has 0 N–H and O–H groups in total. The fourth-order valence-corrected chi connectivity index (χ4v) is 2.58. The van der Waals surface area contributed by atoms with E-state index in [1.807, 2.05) is 12.1 Å². The summed E-state index contributed by atoms with van der Waals surface area (Å²) >= 11 is 0. The lowest BCUT2D eigenvalue weighted by molar-refractivity contribution is 0.455. The number of hydrogen-bond acceptors (Lipinski definition) is 2. The Bertz CT molecular complexity index is 562. The van der Waals surface area contributed by atoms with E-state index in [1.165, 1.54) is 6.07 Å². The molecular weight excluding hydrogens is 229 g/mol. The second kappa shape index (κ2) is 4.52. The van der Waals surface area contributed by atoms with Gasteiger partial charge in [-0.15, -0.1) is 10.2 Å². The van der Waals surface area contributed by atoms with Crippen molar-refractivity contribution in [2.24, 2.45) is 0 Å². The molecule has 4 heteroatoms. The third kappa shape index (κ3) is 1.92. The summed E-state index contributed by atoms with van der Waals surface area (Å²) in [5.74, 6) is 2.22. The Morgan fingerprint density at radius 1 is 1.33 bits per heavy atom. The molecule has 0 spiro atoms. The minimum Gasteiger partial charge on any atom is -0.314 e. The highest BCUT2D eigenvalue weighted by Gasteiger charge is 2.22. The Morgan fingerprint density at radius 3 is 3.00 bits per heavy atom. The third-order valence-corrected chi connectivity index (χ3v) is 3.62. The Balaban J connectivity index is 1.92. The molecule has 18 heavy (non-hydrogen) atoms. The Kier molecular flexibility index (Phi) is 2.86. The molecule has 2 aromatic rings. The Hall–Kier alpha value is -1.71. The maximum atomic E-state index is 13.6. The van der Waals surface area contributed by atoms with Crippen molar-refractivity contribution in [2.45, 2.75) is 38.6 Å². The summed E-state index contributed by atoms with van der Waals surface area (Å²) in [5.41, 5.74) is 0.686. The summed E-state index contributed by atoms with van der Waals surface area (Å²) < 4.78 is 15.8. The summed E-state index contributed by atoms with van der Waals surface area (Å²) in [5, 5.41) is 8.48. The fraction of sp³-hybridized carbons (Fsp3) is 0.429. The summed E-state index contributed by atoms with van der Waals surface area (Å²) in [6, 6.07) is 6.86. The van der Waals surface area contributed by atoms with E-state index in [0.29, 0.717) is 17.9 Å². The quantitative estimate of drug-likeness (QED) is 0.814. The summed E-state index contributed by atoms with van der Waals surface area (Å²) in [6.45, 7) is 3.13. The summed E-state index contributed by atoms with van der Waals surface area (Å²) in [7, 11) is 0. The molecule has 0 aliphatic carbocycles. The highest BCUT2D eigenvalue weighted by Crippen LogP contribution is 2.26. The van der Waals surface area contributed by atoms with Gasteiger partial charge >= 0.3 is 0 Å². The van der Waals surface area contributed by atoms with Gasteiger partial charge in [0, 0.05) is 18.9 Å². The van der Waals surface area contributed by atoms with Gasteiger partial charge in [-0.1, -0.05) is 25.1 Å². The number of fused-ring (bicyclic) bond motifs is 1. The van der Waals surface area contributed by atoms with Crippen LogP contribution in [0.5, 0.6) is 0 Å². The van der Waals surface area contributed by atoms with Gasteiger partial charge in [0.25, 0.3) is 0 Å². The average Bonchev–Trinajstić information content (AvgIpc) is 2.77. The van der Waals surface area contributed by atoms with Gasteiger partial charge in [0.2, 0.25) is 0 Å². The van der Waals surface area contributed by atoms with Crippen molar-refractivity contribution in [2.75, 3.05) is 0 Å². The van der Waals surface area contributed by atoms with E-state index >= 15 is 0 Å². The number of hydrogen-bond donors (Lipinski definition) is 0. The number of aromatic nitrogens is 3. The third-order valence-electron chi connectivity index (χ3n) is 3.62. The van der Waals surface area contributed by atoms with Crippen LogP contribution in [0.3, 0.4) is 0 Å². The van der Waals surface area contributed by atoms with Gasteiger partial charge < -0.3 is 4.57 Å². The first-order chi connectivity index (χ1) is 8.75. The van der Waals surface area contributed by atoms with Crippen LogP contribution in [-0.2, 0) is 13.0 Å². The van der Waals surface area contributed by atoms with Crippen molar-refractivity contribution in [1.82, 2.24) is 14.8 Å². The second-order valence-electron chi connectivity index (χ2n) is 4.94. The van der Waals surface area contributed by atoms with Crippen LogP contribution in [0.25, 0.3) is 0 Å². The molecule has 1 aliphatic heterocycles. The molecule has 0 amide bonds. The molecule has 1 aromatic heterocycles. The van der Waals surface area contributed by atoms with Crippen LogP contribution in [0.4, 0.5) is 4.39 Å². The van der Waals surface area contributed by atoms with E-state index in [9.17, 15) is 4.39 Å². The van der Waals surface area contributed by atoms with E-state index in [4.69, 9.17) is 0 Å². The van der Waals surface area contributed by atoms with Crippen LogP contribution in [0, 0.1) is 5.82 Å². The standard InChI is InChI=1S/C14H16FN3/c1-10-5-4-8-18-13(16-17-14(10)18)9-11-6-2-3-7-12(11)15/h2-3,6-7,10H,4-5,8-9H2,1H3. The van der Waals surface area contributed by atoms with Gasteiger partial charge in [0.1, 0.15) is 17.5 Å². The molecule has 1 aromatic carbocycles. The summed E-state index contributed by atoms with van der Waals surface area (Å²) in [4.78, 5) is 0. The first-order valence-electron chi connectivity index (χ1n) is 6.41. The van der Waals surface area contributed by atoms with Crippen molar-refractivity contribution in [3.8, 4) is 0 Å². The lowest BCUT2D eigenvalue weighted by Crippen LogP contribution is -2.16. The lowest BCUT2D eigenvalue weighted by Gasteiger charge is -2.20. The predicted octanol–water partition coefficient (Wildman–Crippen LogP) is 2.91. The van der Waals surface area contributed by atoms with E-state index in [0.717, 1.165) is 31.0 Å². The van der Waals surface area contributed by atoms with Crippen LogP contribution in [-0.4, -0.2) is 14.8 Å². The van der Waals surface area contributed by atoms with Crippen molar-refractivity contribution >= 4 is 0 Å². The molecule has 2 heterocycles. The van der Waals surface area contributed by atoms with Gasteiger partial charge in [-0.25, -0.2) is 4.39 Å². The first-order valence-corrected chi connectivity index (χ1v) is 6.41. The molecule has 0 saturated carbocycles. The fourth-order valence-electron chi connectivity index (χ4n) is 2.58. The Labute approximate surface area is 106 Å². The van der Waals surface area contributed by atoms with Crippen molar-refractivity contribution < 1.29 is 4.39 Å². The highest BCUT2D eigenvalue weighted by molar-refractivity contribution is 5.22. The van der Waals surface area contributed by atoms with Crippen molar-refractivity contribution in [1.29, 1.82) is 0 Å². The molecule has 1 aliphatic rings. The molecule has 0 bridgehead atoms. The van der Waals surface area contributed by atoms with Crippen LogP contribution in [0.15, 0.2) is 24.3 Å². The molecule has 0 fully saturated rings. The van der Waals surface area contributed by atoms with Crippen LogP contribution in [0.2, 0.25) is 0 Å². The van der Waals surface area contributed by atoms with E-state index in [1.54, 1.807) is 6.07 Å². The zero-order valence-corrected chi connectivity index (χ0v) is 10.4. The largest absolute Gasteiger partial charge is 0.314 e. The predicted molar refractivity (Wildman–Crippen MR) is 66.9 cm³/mol. The summed E-state index contributed by atoms with van der Waals surface area (Å²) in [6.07, 6.45) is 2.83. The van der Waals surface area contributed by atoms with Crippen LogP contribution < -0.4 is 0 Å². The van der Waals surface area contributed by atoms with Crippen molar-refractivity contribution in [3.05, 3.63) is 47.3 Å². The SMILES string of the molecule is CC1CCCn2c(Cc3ccccc3F)nnc21. The number of nitrogens with zero attached hydrogens (tertiary/aromatic N) is 3. The van der Waals surface area contributed by atoms with Gasteiger partial charge in [-0.2, -0.15) is 0 Å². The smallest absolute Gasteiger partial charge is 0.137 e. The topological polar surface area (TPSA) is 30.7 Å². The van der Waals surface area contributed by atoms with Gasteiger partial charge in [0.15, 0.2) is 0 Å². The van der Waals surface area contributed by atoms with E-state index < -0.39 is 0 Å². The molecule has 3 rings (SSSR count). The minimum absolute atomic E-state index is 0.168. The Morgan fingerprint density at radius 2 is 2.17 bits per heavy atom. The molecule has 3 nitrogen and oxygen atoms in total. The zero-order valence-electron chi connectivity index (χ0n) is 10.4. The molecule has 1 atom stereocenters.